The van der Waals surface area contributed by atoms with Crippen molar-refractivity contribution in [1.82, 2.24) is 24.4 Å². The molecule has 4 rings (SSSR count). The first-order valence-corrected chi connectivity index (χ1v) is 8.47. The number of hydrogen-bond donors (Lipinski definition) is 0. The molecule has 8 nitrogen and oxygen atoms in total. The van der Waals surface area contributed by atoms with Crippen LogP contribution in [0.25, 0.3) is 11.2 Å². The lowest BCUT2D eigenvalue weighted by molar-refractivity contribution is 0.105. The van der Waals surface area contributed by atoms with Crippen LogP contribution in [0.5, 0.6) is 5.88 Å². The number of benzene rings is 1. The van der Waals surface area contributed by atoms with Gasteiger partial charge in [0.2, 0.25) is 5.88 Å². The first kappa shape index (κ1) is 16.3. The van der Waals surface area contributed by atoms with Gasteiger partial charge in [0.05, 0.1) is 13.4 Å². The van der Waals surface area contributed by atoms with E-state index in [0.717, 1.165) is 18.4 Å². The van der Waals surface area contributed by atoms with E-state index >= 15 is 0 Å². The van der Waals surface area contributed by atoms with Crippen LogP contribution in [0.3, 0.4) is 0 Å². The summed E-state index contributed by atoms with van der Waals surface area (Å²) in [5.74, 6) is 0.431. The van der Waals surface area contributed by atoms with Crippen molar-refractivity contribution in [2.45, 2.75) is 25.6 Å². The summed E-state index contributed by atoms with van der Waals surface area (Å²) in [6, 6.07) is 9.87. The molecule has 0 bridgehead atoms. The van der Waals surface area contributed by atoms with E-state index in [4.69, 9.17) is 9.47 Å². The number of amides is 1. The lowest BCUT2D eigenvalue weighted by Crippen LogP contribution is -2.33. The largest absolute Gasteiger partial charge is 0.471 e. The van der Waals surface area contributed by atoms with Crippen molar-refractivity contribution in [3.8, 4) is 5.88 Å². The molecule has 134 valence electrons. The van der Waals surface area contributed by atoms with E-state index in [0.29, 0.717) is 30.2 Å². The summed E-state index contributed by atoms with van der Waals surface area (Å²) in [6.45, 7) is 1.05. The zero-order valence-electron chi connectivity index (χ0n) is 14.4. The Labute approximate surface area is 150 Å². The summed E-state index contributed by atoms with van der Waals surface area (Å²) in [5, 5.41) is 0. The Balaban J connectivity index is 1.62. The van der Waals surface area contributed by atoms with Crippen LogP contribution in [0.2, 0.25) is 0 Å². The van der Waals surface area contributed by atoms with Crippen LogP contribution in [0.15, 0.2) is 43.0 Å². The molecule has 1 amide bonds. The minimum Gasteiger partial charge on any atom is -0.471 e. The van der Waals surface area contributed by atoms with Gasteiger partial charge in [-0.3, -0.25) is 9.47 Å². The third-order valence-corrected chi connectivity index (χ3v) is 4.49. The second-order valence-electron chi connectivity index (χ2n) is 6.06. The molecule has 0 spiro atoms. The SMILES string of the molecule is COC(=O)N1CCCC1n1cnc2c(OCc3ccccc3)ncnc21. The summed E-state index contributed by atoms with van der Waals surface area (Å²) >= 11 is 0. The van der Waals surface area contributed by atoms with Gasteiger partial charge in [0, 0.05) is 6.54 Å². The van der Waals surface area contributed by atoms with E-state index < -0.39 is 0 Å². The number of aromatic nitrogens is 4. The molecular formula is C18H19N5O3. The third-order valence-electron chi connectivity index (χ3n) is 4.49. The van der Waals surface area contributed by atoms with Crippen molar-refractivity contribution in [3.05, 3.63) is 48.5 Å². The normalized spacial score (nSPS) is 16.8. The van der Waals surface area contributed by atoms with E-state index in [2.05, 4.69) is 15.0 Å². The molecule has 1 fully saturated rings. The van der Waals surface area contributed by atoms with Gasteiger partial charge in [-0.15, -0.1) is 0 Å². The van der Waals surface area contributed by atoms with Gasteiger partial charge >= 0.3 is 6.09 Å². The Kier molecular flexibility index (Phi) is 4.39. The molecule has 8 heteroatoms. The molecule has 0 aliphatic carbocycles. The highest BCUT2D eigenvalue weighted by Crippen LogP contribution is 2.31. The number of rotatable bonds is 4. The predicted octanol–water partition coefficient (Wildman–Crippen LogP) is 2.77. The maximum atomic E-state index is 12.0. The van der Waals surface area contributed by atoms with Crippen LogP contribution in [-0.2, 0) is 11.3 Å². The quantitative estimate of drug-likeness (QED) is 0.717. The third kappa shape index (κ3) is 2.94. The van der Waals surface area contributed by atoms with Gasteiger partial charge in [-0.05, 0) is 18.4 Å². The van der Waals surface area contributed by atoms with Crippen molar-refractivity contribution in [2.24, 2.45) is 0 Å². The molecule has 1 aliphatic heterocycles. The molecule has 1 unspecified atom stereocenters. The average Bonchev–Trinajstić information content (AvgIpc) is 3.33. The van der Waals surface area contributed by atoms with Crippen molar-refractivity contribution >= 4 is 17.3 Å². The topological polar surface area (TPSA) is 82.4 Å². The molecular weight excluding hydrogens is 334 g/mol. The highest BCUT2D eigenvalue weighted by atomic mass is 16.5. The molecule has 0 saturated carbocycles. The fourth-order valence-corrected chi connectivity index (χ4v) is 3.25. The van der Waals surface area contributed by atoms with Crippen LogP contribution in [0, 0.1) is 0 Å². The molecule has 1 aliphatic rings. The zero-order chi connectivity index (χ0) is 17.9. The fourth-order valence-electron chi connectivity index (χ4n) is 3.25. The number of nitrogens with zero attached hydrogens (tertiary/aromatic N) is 5. The Hall–Kier alpha value is -3.16. The highest BCUT2D eigenvalue weighted by Gasteiger charge is 2.32. The summed E-state index contributed by atoms with van der Waals surface area (Å²) in [5.41, 5.74) is 2.27. The number of methoxy groups -OCH3 is 1. The van der Waals surface area contributed by atoms with E-state index in [1.807, 2.05) is 34.9 Å². The molecule has 1 atom stereocenters. The lowest BCUT2D eigenvalue weighted by Gasteiger charge is -2.24. The standard InChI is InChI=1S/C18H19N5O3/c1-25-18(24)22-9-5-8-14(22)23-12-21-15-16(23)19-11-20-17(15)26-10-13-6-3-2-4-7-13/h2-4,6-7,11-12,14H,5,8-10H2,1H3. The van der Waals surface area contributed by atoms with Crippen LogP contribution in [-0.4, -0.2) is 44.2 Å². The van der Waals surface area contributed by atoms with Crippen LogP contribution >= 0.6 is 0 Å². The number of carbonyl (C=O) groups is 1. The first-order chi connectivity index (χ1) is 12.8. The van der Waals surface area contributed by atoms with Gasteiger partial charge in [0.1, 0.15) is 19.1 Å². The average molecular weight is 353 g/mol. The van der Waals surface area contributed by atoms with Gasteiger partial charge in [0.25, 0.3) is 0 Å². The summed E-state index contributed by atoms with van der Waals surface area (Å²) in [7, 11) is 1.39. The smallest absolute Gasteiger partial charge is 0.411 e. The molecule has 0 radical (unpaired) electrons. The summed E-state index contributed by atoms with van der Waals surface area (Å²) < 4.78 is 12.6. The monoisotopic (exact) mass is 353 g/mol. The van der Waals surface area contributed by atoms with Crippen molar-refractivity contribution in [2.75, 3.05) is 13.7 Å². The van der Waals surface area contributed by atoms with E-state index in [-0.39, 0.29) is 12.3 Å². The number of likely N-dealkylation sites (tertiary alicyclic amines) is 1. The minimum absolute atomic E-state index is 0.163. The second kappa shape index (κ2) is 6.99. The molecule has 0 N–H and O–H groups in total. The summed E-state index contributed by atoms with van der Waals surface area (Å²) in [4.78, 5) is 26.7. The Morgan fingerprint density at radius 2 is 2.08 bits per heavy atom. The van der Waals surface area contributed by atoms with Gasteiger partial charge in [-0.25, -0.2) is 14.8 Å². The predicted molar refractivity (Wildman–Crippen MR) is 93.5 cm³/mol. The lowest BCUT2D eigenvalue weighted by atomic mass is 10.2. The molecule has 1 aromatic carbocycles. The number of imidazole rings is 1. The van der Waals surface area contributed by atoms with Gasteiger partial charge in [0.15, 0.2) is 11.2 Å². The molecule has 3 aromatic rings. The van der Waals surface area contributed by atoms with Crippen LogP contribution in [0.1, 0.15) is 24.6 Å². The van der Waals surface area contributed by atoms with Crippen molar-refractivity contribution in [3.63, 3.8) is 0 Å². The molecule has 3 heterocycles. The van der Waals surface area contributed by atoms with Crippen molar-refractivity contribution < 1.29 is 14.3 Å². The first-order valence-electron chi connectivity index (χ1n) is 8.47. The zero-order valence-corrected chi connectivity index (χ0v) is 14.4. The highest BCUT2D eigenvalue weighted by molar-refractivity contribution is 5.76. The Morgan fingerprint density at radius 3 is 2.88 bits per heavy atom. The number of fused-ring (bicyclic) bond motifs is 1. The molecule has 1 saturated heterocycles. The van der Waals surface area contributed by atoms with Crippen molar-refractivity contribution in [1.29, 1.82) is 0 Å². The Bertz CT molecular complexity index is 912. The van der Waals surface area contributed by atoms with E-state index in [1.54, 1.807) is 11.2 Å². The maximum Gasteiger partial charge on any atom is 0.411 e. The van der Waals surface area contributed by atoms with E-state index in [1.165, 1.54) is 13.4 Å². The summed E-state index contributed by atoms with van der Waals surface area (Å²) in [6.07, 6.45) is 4.36. The van der Waals surface area contributed by atoms with Crippen LogP contribution in [0.4, 0.5) is 4.79 Å². The van der Waals surface area contributed by atoms with E-state index in [9.17, 15) is 4.79 Å². The molecule has 26 heavy (non-hydrogen) atoms. The molecule has 2 aromatic heterocycles. The number of ether oxygens (including phenoxy) is 2. The van der Waals surface area contributed by atoms with Gasteiger partial charge in [-0.2, -0.15) is 4.98 Å². The second-order valence-corrected chi connectivity index (χ2v) is 6.06. The van der Waals surface area contributed by atoms with Gasteiger partial charge < -0.3 is 9.47 Å². The number of hydrogen-bond acceptors (Lipinski definition) is 6. The minimum atomic E-state index is -0.344. The Morgan fingerprint density at radius 1 is 1.23 bits per heavy atom. The van der Waals surface area contributed by atoms with Gasteiger partial charge in [-0.1, -0.05) is 30.3 Å². The fraction of sp³-hybridized carbons (Fsp3) is 0.333. The maximum absolute atomic E-state index is 12.0. The van der Waals surface area contributed by atoms with Crippen LogP contribution < -0.4 is 4.74 Å². The number of carbonyl (C=O) groups excluding carboxylic acids is 1.